The molecule has 1 aliphatic heterocycles. The zero-order valence-electron chi connectivity index (χ0n) is 11.4. The number of likely N-dealkylation sites (tertiary alicyclic amines) is 1. The number of hydrogen-bond donors (Lipinski definition) is 1. The maximum Gasteiger partial charge on any atom is 0.165 e. The minimum Gasteiger partial charge on any atom is -0.393 e. The Labute approximate surface area is 118 Å². The standard InChI is InChI=1S/C14H19N5O/c20-13-6-8-18(9-7-13)11-14-15-16-17-19(14)10-12-4-2-1-3-5-12/h1-5,13,20H,6-11H2. The lowest BCUT2D eigenvalue weighted by Crippen LogP contribution is -2.36. The average Bonchev–Trinajstić information content (AvgIpc) is 2.90. The first kappa shape index (κ1) is 13.2. The highest BCUT2D eigenvalue weighted by Gasteiger charge is 2.19. The van der Waals surface area contributed by atoms with Crippen LogP contribution in [0.25, 0.3) is 0 Å². The number of rotatable bonds is 4. The van der Waals surface area contributed by atoms with E-state index in [0.29, 0.717) is 6.54 Å². The quantitative estimate of drug-likeness (QED) is 0.887. The Hall–Kier alpha value is -1.79. The predicted octanol–water partition coefficient (Wildman–Crippen LogP) is 0.678. The molecule has 1 saturated heterocycles. The highest BCUT2D eigenvalue weighted by Crippen LogP contribution is 2.12. The van der Waals surface area contributed by atoms with Gasteiger partial charge in [-0.25, -0.2) is 4.68 Å². The third kappa shape index (κ3) is 3.20. The molecule has 0 unspecified atom stereocenters. The second-order valence-corrected chi connectivity index (χ2v) is 5.25. The number of aliphatic hydroxyl groups excluding tert-OH is 1. The van der Waals surface area contributed by atoms with Gasteiger partial charge in [-0.05, 0) is 28.8 Å². The Kier molecular flexibility index (Phi) is 4.03. The first-order chi connectivity index (χ1) is 9.81. The number of nitrogens with zero attached hydrogens (tertiary/aromatic N) is 5. The molecule has 2 heterocycles. The van der Waals surface area contributed by atoms with Gasteiger partial charge < -0.3 is 5.11 Å². The number of benzene rings is 1. The van der Waals surface area contributed by atoms with Crippen molar-refractivity contribution < 1.29 is 5.11 Å². The van der Waals surface area contributed by atoms with Gasteiger partial charge in [0.2, 0.25) is 0 Å². The maximum atomic E-state index is 9.53. The fourth-order valence-corrected chi connectivity index (χ4v) is 2.49. The fourth-order valence-electron chi connectivity index (χ4n) is 2.49. The van der Waals surface area contributed by atoms with E-state index in [-0.39, 0.29) is 6.10 Å². The molecule has 0 radical (unpaired) electrons. The number of hydrogen-bond acceptors (Lipinski definition) is 5. The Morgan fingerprint density at radius 1 is 1.10 bits per heavy atom. The molecule has 0 spiro atoms. The zero-order valence-corrected chi connectivity index (χ0v) is 11.4. The van der Waals surface area contributed by atoms with Crippen LogP contribution >= 0.6 is 0 Å². The molecule has 1 aromatic carbocycles. The monoisotopic (exact) mass is 273 g/mol. The van der Waals surface area contributed by atoms with Crippen LogP contribution in [0.1, 0.15) is 24.2 Å². The molecule has 6 nitrogen and oxygen atoms in total. The summed E-state index contributed by atoms with van der Waals surface area (Å²) in [4.78, 5) is 2.29. The topological polar surface area (TPSA) is 67.1 Å². The largest absolute Gasteiger partial charge is 0.393 e. The van der Waals surface area contributed by atoms with Gasteiger partial charge in [-0.2, -0.15) is 0 Å². The highest BCUT2D eigenvalue weighted by atomic mass is 16.3. The van der Waals surface area contributed by atoms with Crippen LogP contribution in [-0.2, 0) is 13.1 Å². The van der Waals surface area contributed by atoms with Crippen LogP contribution in [0.15, 0.2) is 30.3 Å². The van der Waals surface area contributed by atoms with Crippen molar-refractivity contribution >= 4 is 0 Å². The molecule has 106 valence electrons. The predicted molar refractivity (Wildman–Crippen MR) is 73.9 cm³/mol. The summed E-state index contributed by atoms with van der Waals surface area (Å²) in [5.41, 5.74) is 1.19. The van der Waals surface area contributed by atoms with E-state index in [1.165, 1.54) is 5.56 Å². The van der Waals surface area contributed by atoms with E-state index in [9.17, 15) is 5.11 Å². The molecule has 0 bridgehead atoms. The molecule has 20 heavy (non-hydrogen) atoms. The van der Waals surface area contributed by atoms with Crippen molar-refractivity contribution in [3.63, 3.8) is 0 Å². The third-order valence-corrected chi connectivity index (χ3v) is 3.70. The normalized spacial score (nSPS) is 17.4. The molecule has 2 aromatic rings. The average molecular weight is 273 g/mol. The van der Waals surface area contributed by atoms with Crippen LogP contribution in [-0.4, -0.2) is 49.4 Å². The van der Waals surface area contributed by atoms with Crippen molar-refractivity contribution in [1.29, 1.82) is 0 Å². The van der Waals surface area contributed by atoms with Gasteiger partial charge >= 0.3 is 0 Å². The Balaban J connectivity index is 1.65. The molecule has 0 atom stereocenters. The molecule has 3 rings (SSSR count). The summed E-state index contributed by atoms with van der Waals surface area (Å²) in [5, 5.41) is 21.5. The van der Waals surface area contributed by atoms with Gasteiger partial charge in [0.05, 0.1) is 19.2 Å². The van der Waals surface area contributed by atoms with E-state index in [0.717, 1.165) is 38.3 Å². The van der Waals surface area contributed by atoms with Crippen molar-refractivity contribution in [2.24, 2.45) is 0 Å². The van der Waals surface area contributed by atoms with Crippen LogP contribution in [0, 0.1) is 0 Å². The zero-order chi connectivity index (χ0) is 13.8. The number of aromatic nitrogens is 4. The molecule has 0 saturated carbocycles. The first-order valence-electron chi connectivity index (χ1n) is 7.00. The lowest BCUT2D eigenvalue weighted by atomic mass is 10.1. The van der Waals surface area contributed by atoms with Crippen molar-refractivity contribution in [2.75, 3.05) is 13.1 Å². The van der Waals surface area contributed by atoms with E-state index in [2.05, 4.69) is 32.6 Å². The van der Waals surface area contributed by atoms with Crippen molar-refractivity contribution in [3.8, 4) is 0 Å². The van der Waals surface area contributed by atoms with E-state index < -0.39 is 0 Å². The molecule has 1 N–H and O–H groups in total. The SMILES string of the molecule is OC1CCN(Cc2nnnn2Cc2ccccc2)CC1. The second kappa shape index (κ2) is 6.11. The third-order valence-electron chi connectivity index (χ3n) is 3.70. The minimum absolute atomic E-state index is 0.147. The smallest absolute Gasteiger partial charge is 0.165 e. The molecular formula is C14H19N5O. The van der Waals surface area contributed by atoms with Crippen molar-refractivity contribution in [3.05, 3.63) is 41.7 Å². The number of tetrazole rings is 1. The lowest BCUT2D eigenvalue weighted by molar-refractivity contribution is 0.0774. The van der Waals surface area contributed by atoms with E-state index in [1.807, 2.05) is 22.9 Å². The van der Waals surface area contributed by atoms with Crippen LogP contribution in [0.5, 0.6) is 0 Å². The van der Waals surface area contributed by atoms with E-state index >= 15 is 0 Å². The molecule has 0 amide bonds. The van der Waals surface area contributed by atoms with Gasteiger partial charge in [0.25, 0.3) is 0 Å². The van der Waals surface area contributed by atoms with Crippen LogP contribution in [0.2, 0.25) is 0 Å². The number of piperidine rings is 1. The van der Waals surface area contributed by atoms with E-state index in [4.69, 9.17) is 0 Å². The van der Waals surface area contributed by atoms with Crippen LogP contribution in [0.4, 0.5) is 0 Å². The molecular weight excluding hydrogens is 254 g/mol. The van der Waals surface area contributed by atoms with Gasteiger partial charge in [-0.3, -0.25) is 4.90 Å². The van der Waals surface area contributed by atoms with Gasteiger partial charge in [-0.15, -0.1) is 5.10 Å². The number of aliphatic hydroxyl groups is 1. The summed E-state index contributed by atoms with van der Waals surface area (Å²) in [7, 11) is 0. The first-order valence-corrected chi connectivity index (χ1v) is 7.00. The molecule has 1 aliphatic rings. The summed E-state index contributed by atoms with van der Waals surface area (Å²) >= 11 is 0. The van der Waals surface area contributed by atoms with E-state index in [1.54, 1.807) is 0 Å². The van der Waals surface area contributed by atoms with Gasteiger partial charge in [0.15, 0.2) is 5.82 Å². The van der Waals surface area contributed by atoms with Gasteiger partial charge in [0, 0.05) is 13.1 Å². The van der Waals surface area contributed by atoms with Crippen LogP contribution in [0.3, 0.4) is 0 Å². The summed E-state index contributed by atoms with van der Waals surface area (Å²) in [6.07, 6.45) is 1.52. The summed E-state index contributed by atoms with van der Waals surface area (Å²) in [5.74, 6) is 0.880. The second-order valence-electron chi connectivity index (χ2n) is 5.25. The Morgan fingerprint density at radius 3 is 2.60 bits per heavy atom. The fraction of sp³-hybridized carbons (Fsp3) is 0.500. The molecule has 6 heteroatoms. The van der Waals surface area contributed by atoms with Crippen LogP contribution < -0.4 is 0 Å². The Morgan fingerprint density at radius 2 is 1.85 bits per heavy atom. The minimum atomic E-state index is -0.147. The van der Waals surface area contributed by atoms with Crippen molar-refractivity contribution in [1.82, 2.24) is 25.1 Å². The Bertz CT molecular complexity index is 534. The molecule has 1 fully saturated rings. The maximum absolute atomic E-state index is 9.53. The summed E-state index contributed by atoms with van der Waals surface area (Å²) < 4.78 is 1.85. The summed E-state index contributed by atoms with van der Waals surface area (Å²) in [6, 6.07) is 10.2. The molecule has 0 aliphatic carbocycles. The van der Waals surface area contributed by atoms with Gasteiger partial charge in [0.1, 0.15) is 0 Å². The lowest BCUT2D eigenvalue weighted by Gasteiger charge is -2.28. The van der Waals surface area contributed by atoms with Crippen molar-refractivity contribution in [2.45, 2.75) is 32.0 Å². The summed E-state index contributed by atoms with van der Waals surface area (Å²) in [6.45, 7) is 3.24. The molecule has 1 aromatic heterocycles. The van der Waals surface area contributed by atoms with Gasteiger partial charge in [-0.1, -0.05) is 30.3 Å². The highest BCUT2D eigenvalue weighted by molar-refractivity contribution is 5.14.